The molecule has 0 amide bonds. The summed E-state index contributed by atoms with van der Waals surface area (Å²) >= 11 is 0. The van der Waals surface area contributed by atoms with Crippen molar-refractivity contribution in [2.24, 2.45) is 7.05 Å². The van der Waals surface area contributed by atoms with Gasteiger partial charge in [-0.3, -0.25) is 4.68 Å². The third-order valence-electron chi connectivity index (χ3n) is 2.23. The molecule has 14 heavy (non-hydrogen) atoms. The average Bonchev–Trinajstić information content (AvgIpc) is 2.38. The van der Waals surface area contributed by atoms with Crippen LogP contribution in [-0.4, -0.2) is 37.1 Å². The molecule has 0 aliphatic heterocycles. The SMILES string of the molecule is COCCN(C)c1c(N)c(C)nn1C. The molecule has 0 aliphatic carbocycles. The van der Waals surface area contributed by atoms with Gasteiger partial charge in [0.2, 0.25) is 0 Å². The molecule has 0 fully saturated rings. The number of aryl methyl sites for hydroxylation is 2. The molecule has 5 heteroatoms. The monoisotopic (exact) mass is 198 g/mol. The van der Waals surface area contributed by atoms with Crippen LogP contribution >= 0.6 is 0 Å². The lowest BCUT2D eigenvalue weighted by Crippen LogP contribution is -2.25. The minimum atomic E-state index is 0.681. The molecular formula is C9H18N4O. The Morgan fingerprint density at radius 3 is 2.64 bits per heavy atom. The van der Waals surface area contributed by atoms with Crippen LogP contribution in [0.4, 0.5) is 11.5 Å². The number of likely N-dealkylation sites (N-methyl/N-ethyl adjacent to an activating group) is 1. The lowest BCUT2D eigenvalue weighted by molar-refractivity contribution is 0.206. The van der Waals surface area contributed by atoms with Crippen molar-refractivity contribution < 1.29 is 4.74 Å². The molecule has 0 aromatic carbocycles. The first-order chi connectivity index (χ1) is 6.57. The first-order valence-electron chi connectivity index (χ1n) is 4.57. The number of hydrogen-bond donors (Lipinski definition) is 1. The molecule has 0 saturated carbocycles. The van der Waals surface area contributed by atoms with Crippen LogP contribution in [0.25, 0.3) is 0 Å². The number of nitrogen functional groups attached to an aromatic ring is 1. The molecule has 0 bridgehead atoms. The maximum atomic E-state index is 5.91. The van der Waals surface area contributed by atoms with Crippen molar-refractivity contribution in [2.45, 2.75) is 6.92 Å². The summed E-state index contributed by atoms with van der Waals surface area (Å²) < 4.78 is 6.80. The third kappa shape index (κ3) is 1.98. The van der Waals surface area contributed by atoms with Gasteiger partial charge in [-0.1, -0.05) is 0 Å². The first kappa shape index (κ1) is 10.8. The minimum Gasteiger partial charge on any atom is -0.394 e. The Labute approximate surface area is 84.4 Å². The molecule has 1 aromatic rings. The number of anilines is 2. The maximum Gasteiger partial charge on any atom is 0.150 e. The van der Waals surface area contributed by atoms with Crippen LogP contribution in [0.15, 0.2) is 0 Å². The molecule has 2 N–H and O–H groups in total. The van der Waals surface area contributed by atoms with Crippen molar-refractivity contribution in [1.82, 2.24) is 9.78 Å². The topological polar surface area (TPSA) is 56.3 Å². The normalized spacial score (nSPS) is 10.6. The molecule has 0 aliphatic rings. The summed E-state index contributed by atoms with van der Waals surface area (Å²) in [5.41, 5.74) is 7.52. The highest BCUT2D eigenvalue weighted by atomic mass is 16.5. The predicted molar refractivity (Wildman–Crippen MR) is 57.5 cm³/mol. The fraction of sp³-hybridized carbons (Fsp3) is 0.667. The van der Waals surface area contributed by atoms with Crippen molar-refractivity contribution in [2.75, 3.05) is 37.9 Å². The Morgan fingerprint density at radius 2 is 2.21 bits per heavy atom. The second kappa shape index (κ2) is 4.32. The van der Waals surface area contributed by atoms with Gasteiger partial charge in [0, 0.05) is 27.7 Å². The molecule has 0 unspecified atom stereocenters. The largest absolute Gasteiger partial charge is 0.394 e. The zero-order chi connectivity index (χ0) is 10.7. The highest BCUT2D eigenvalue weighted by molar-refractivity contribution is 5.65. The number of hydrogen-bond acceptors (Lipinski definition) is 4. The van der Waals surface area contributed by atoms with Gasteiger partial charge in [-0.05, 0) is 6.92 Å². The molecule has 0 atom stereocenters. The van der Waals surface area contributed by atoms with Crippen LogP contribution in [0.1, 0.15) is 5.69 Å². The van der Waals surface area contributed by atoms with Gasteiger partial charge in [0.1, 0.15) is 5.82 Å². The van der Waals surface area contributed by atoms with E-state index in [1.807, 2.05) is 25.9 Å². The molecule has 5 nitrogen and oxygen atoms in total. The van der Waals surface area contributed by atoms with Crippen LogP contribution in [-0.2, 0) is 11.8 Å². The fourth-order valence-corrected chi connectivity index (χ4v) is 1.45. The van der Waals surface area contributed by atoms with E-state index in [9.17, 15) is 0 Å². The number of aromatic nitrogens is 2. The summed E-state index contributed by atoms with van der Waals surface area (Å²) in [6.07, 6.45) is 0. The quantitative estimate of drug-likeness (QED) is 0.760. The standard InChI is InChI=1S/C9H18N4O/c1-7-8(10)9(13(3)11-7)12(2)5-6-14-4/h5-6,10H2,1-4H3. The second-order valence-electron chi connectivity index (χ2n) is 3.36. The summed E-state index contributed by atoms with van der Waals surface area (Å²) in [5.74, 6) is 0.944. The number of nitrogens with zero attached hydrogens (tertiary/aromatic N) is 3. The van der Waals surface area contributed by atoms with Crippen LogP contribution in [0.5, 0.6) is 0 Å². The lowest BCUT2D eigenvalue weighted by Gasteiger charge is -2.19. The smallest absolute Gasteiger partial charge is 0.150 e. The number of methoxy groups -OCH3 is 1. The summed E-state index contributed by atoms with van der Waals surface area (Å²) in [7, 11) is 5.56. The average molecular weight is 198 g/mol. The lowest BCUT2D eigenvalue weighted by atomic mass is 10.3. The zero-order valence-electron chi connectivity index (χ0n) is 9.24. The van der Waals surface area contributed by atoms with Gasteiger partial charge in [0.15, 0.2) is 0 Å². The minimum absolute atomic E-state index is 0.681. The van der Waals surface area contributed by atoms with E-state index in [-0.39, 0.29) is 0 Å². The summed E-state index contributed by atoms with van der Waals surface area (Å²) in [6, 6.07) is 0. The van der Waals surface area contributed by atoms with E-state index in [0.717, 1.165) is 23.7 Å². The van der Waals surface area contributed by atoms with Gasteiger partial charge in [-0.25, -0.2) is 0 Å². The van der Waals surface area contributed by atoms with Gasteiger partial charge in [0.05, 0.1) is 18.0 Å². The zero-order valence-corrected chi connectivity index (χ0v) is 9.24. The van der Waals surface area contributed by atoms with Gasteiger partial charge in [-0.2, -0.15) is 5.10 Å². The van der Waals surface area contributed by atoms with Crippen LogP contribution < -0.4 is 10.6 Å². The number of ether oxygens (including phenoxy) is 1. The maximum absolute atomic E-state index is 5.91. The molecule has 1 rings (SSSR count). The van der Waals surface area contributed by atoms with Crippen LogP contribution in [0.2, 0.25) is 0 Å². The van der Waals surface area contributed by atoms with Gasteiger partial charge >= 0.3 is 0 Å². The van der Waals surface area contributed by atoms with E-state index < -0.39 is 0 Å². The predicted octanol–water partition coefficient (Wildman–Crippen LogP) is 0.393. The van der Waals surface area contributed by atoms with Gasteiger partial charge in [0.25, 0.3) is 0 Å². The molecule has 1 heterocycles. The van der Waals surface area contributed by atoms with Crippen molar-refractivity contribution >= 4 is 11.5 Å². The number of nitrogens with two attached hydrogens (primary N) is 1. The van der Waals surface area contributed by atoms with E-state index in [4.69, 9.17) is 10.5 Å². The molecule has 1 aromatic heterocycles. The van der Waals surface area contributed by atoms with Crippen molar-refractivity contribution in [3.05, 3.63) is 5.69 Å². The highest BCUT2D eigenvalue weighted by Crippen LogP contribution is 2.23. The van der Waals surface area contributed by atoms with Crippen molar-refractivity contribution in [1.29, 1.82) is 0 Å². The van der Waals surface area contributed by atoms with E-state index >= 15 is 0 Å². The van der Waals surface area contributed by atoms with E-state index in [1.165, 1.54) is 0 Å². The van der Waals surface area contributed by atoms with E-state index in [1.54, 1.807) is 11.8 Å². The first-order valence-corrected chi connectivity index (χ1v) is 4.57. The van der Waals surface area contributed by atoms with Crippen molar-refractivity contribution in [3.63, 3.8) is 0 Å². The number of rotatable bonds is 4. The molecule has 0 spiro atoms. The Balaban J connectivity index is 2.83. The van der Waals surface area contributed by atoms with E-state index in [0.29, 0.717) is 6.61 Å². The Kier molecular flexibility index (Phi) is 3.35. The van der Waals surface area contributed by atoms with Crippen LogP contribution in [0.3, 0.4) is 0 Å². The fourth-order valence-electron chi connectivity index (χ4n) is 1.45. The third-order valence-corrected chi connectivity index (χ3v) is 2.23. The Bertz CT molecular complexity index is 308. The van der Waals surface area contributed by atoms with Gasteiger partial charge in [-0.15, -0.1) is 0 Å². The second-order valence-corrected chi connectivity index (χ2v) is 3.36. The molecule has 0 radical (unpaired) electrons. The Hall–Kier alpha value is -1.23. The van der Waals surface area contributed by atoms with E-state index in [2.05, 4.69) is 5.10 Å². The summed E-state index contributed by atoms with van der Waals surface area (Å²) in [6.45, 7) is 3.39. The Morgan fingerprint density at radius 1 is 1.57 bits per heavy atom. The summed E-state index contributed by atoms with van der Waals surface area (Å²) in [4.78, 5) is 2.04. The van der Waals surface area contributed by atoms with Crippen LogP contribution in [0, 0.1) is 6.92 Å². The summed E-state index contributed by atoms with van der Waals surface area (Å²) in [5, 5.41) is 4.25. The molecule has 0 saturated heterocycles. The van der Waals surface area contributed by atoms with Crippen molar-refractivity contribution in [3.8, 4) is 0 Å². The molecular weight excluding hydrogens is 180 g/mol. The van der Waals surface area contributed by atoms with Gasteiger partial charge < -0.3 is 15.4 Å². The highest BCUT2D eigenvalue weighted by Gasteiger charge is 2.13. The molecule has 80 valence electrons.